The van der Waals surface area contributed by atoms with Gasteiger partial charge in [-0.2, -0.15) is 0 Å². The zero-order valence-electron chi connectivity index (χ0n) is 15.9. The van der Waals surface area contributed by atoms with Gasteiger partial charge >= 0.3 is 0 Å². The predicted octanol–water partition coefficient (Wildman–Crippen LogP) is 3.46. The number of β-amino-alcohol motifs (C(OH)–C–C–N with tert-alkyl or cyclic N) is 1. The summed E-state index contributed by atoms with van der Waals surface area (Å²) in [6.45, 7) is 2.28. The number of fused-ring (bicyclic) bond motifs is 3. The number of nitrogens with zero attached hydrogens (tertiary/aromatic N) is 3. The third kappa shape index (κ3) is 3.75. The highest BCUT2D eigenvalue weighted by molar-refractivity contribution is 8.13. The molecule has 2 aliphatic rings. The van der Waals surface area contributed by atoms with E-state index in [1.165, 1.54) is 5.56 Å². The number of aliphatic hydroxyl groups is 1. The molecule has 0 radical (unpaired) electrons. The van der Waals surface area contributed by atoms with Crippen LogP contribution in [0.15, 0.2) is 58.5 Å². The van der Waals surface area contributed by atoms with Crippen molar-refractivity contribution in [3.8, 4) is 11.5 Å². The maximum atomic E-state index is 9.51. The molecular formula is C22H21N3O3S. The third-order valence-electron chi connectivity index (χ3n) is 5.03. The number of ether oxygens (including phenoxy) is 2. The number of aliphatic hydroxyl groups excluding tert-OH is 1. The second kappa shape index (κ2) is 7.93. The van der Waals surface area contributed by atoms with Crippen LogP contribution in [0, 0.1) is 0 Å². The van der Waals surface area contributed by atoms with Crippen LogP contribution in [-0.4, -0.2) is 46.6 Å². The minimum absolute atomic E-state index is 0.0906. The number of hydrogen-bond donors (Lipinski definition) is 1. The Morgan fingerprint density at radius 3 is 2.76 bits per heavy atom. The first-order valence-corrected chi connectivity index (χ1v) is 10.5. The number of hydrogen-bond acceptors (Lipinski definition) is 6. The smallest absolute Gasteiger partial charge is 0.231 e. The summed E-state index contributed by atoms with van der Waals surface area (Å²) >= 11 is 1.57. The van der Waals surface area contributed by atoms with Gasteiger partial charge in [0.1, 0.15) is 5.03 Å². The lowest BCUT2D eigenvalue weighted by molar-refractivity contribution is 0.174. The number of rotatable bonds is 5. The Kier molecular flexibility index (Phi) is 4.99. The van der Waals surface area contributed by atoms with E-state index in [2.05, 4.69) is 23.1 Å². The quantitative estimate of drug-likeness (QED) is 0.699. The van der Waals surface area contributed by atoms with Gasteiger partial charge in [0, 0.05) is 36.7 Å². The number of benzene rings is 2. The molecule has 7 heteroatoms. The first kappa shape index (κ1) is 18.3. The van der Waals surface area contributed by atoms with Crippen molar-refractivity contribution in [1.82, 2.24) is 9.88 Å². The molecule has 148 valence electrons. The van der Waals surface area contributed by atoms with E-state index in [-0.39, 0.29) is 13.4 Å². The van der Waals surface area contributed by atoms with Crippen LogP contribution in [0.25, 0.3) is 10.9 Å². The van der Waals surface area contributed by atoms with Crippen molar-refractivity contribution in [3.05, 3.63) is 59.7 Å². The van der Waals surface area contributed by atoms with Gasteiger partial charge in [-0.3, -0.25) is 4.99 Å². The molecule has 1 N–H and O–H groups in total. The van der Waals surface area contributed by atoms with E-state index < -0.39 is 0 Å². The van der Waals surface area contributed by atoms with Crippen LogP contribution in [0.4, 0.5) is 0 Å². The Morgan fingerprint density at radius 2 is 1.93 bits per heavy atom. The maximum Gasteiger partial charge on any atom is 0.231 e. The average molecular weight is 407 g/mol. The van der Waals surface area contributed by atoms with Crippen LogP contribution in [0.3, 0.4) is 0 Å². The second-order valence-electron chi connectivity index (χ2n) is 7.00. The van der Waals surface area contributed by atoms with Crippen molar-refractivity contribution in [3.63, 3.8) is 0 Å². The van der Waals surface area contributed by atoms with Crippen molar-refractivity contribution in [2.24, 2.45) is 4.99 Å². The van der Waals surface area contributed by atoms with Crippen molar-refractivity contribution < 1.29 is 14.6 Å². The zero-order chi connectivity index (χ0) is 19.6. The largest absolute Gasteiger partial charge is 0.454 e. The molecule has 0 unspecified atom stereocenters. The molecule has 0 atom stereocenters. The van der Waals surface area contributed by atoms with E-state index in [0.717, 1.165) is 44.6 Å². The molecule has 0 bridgehead atoms. The molecule has 3 aromatic rings. The molecule has 1 aromatic heterocycles. The van der Waals surface area contributed by atoms with E-state index in [1.807, 2.05) is 30.3 Å². The summed E-state index contributed by atoms with van der Waals surface area (Å²) in [6.07, 6.45) is 0.888. The van der Waals surface area contributed by atoms with Crippen molar-refractivity contribution in [2.45, 2.75) is 18.0 Å². The summed E-state index contributed by atoms with van der Waals surface area (Å²) in [5.41, 5.74) is 3.29. The molecule has 29 heavy (non-hydrogen) atoms. The lowest BCUT2D eigenvalue weighted by atomic mass is 10.1. The van der Waals surface area contributed by atoms with Crippen molar-refractivity contribution in [2.75, 3.05) is 26.5 Å². The van der Waals surface area contributed by atoms with Crippen LogP contribution in [0.5, 0.6) is 11.5 Å². The summed E-state index contributed by atoms with van der Waals surface area (Å²) in [5.74, 6) is 1.50. The summed E-state index contributed by atoms with van der Waals surface area (Å²) in [4.78, 5) is 11.8. The van der Waals surface area contributed by atoms with Crippen molar-refractivity contribution in [1.29, 1.82) is 0 Å². The van der Waals surface area contributed by atoms with Gasteiger partial charge in [-0.05, 0) is 35.9 Å². The van der Waals surface area contributed by atoms with E-state index in [9.17, 15) is 5.11 Å². The third-order valence-corrected chi connectivity index (χ3v) is 6.14. The van der Waals surface area contributed by atoms with Crippen LogP contribution in [-0.2, 0) is 13.0 Å². The molecule has 2 aromatic carbocycles. The number of thioether (sulfide) groups is 1. The normalized spacial score (nSPS) is 16.4. The summed E-state index contributed by atoms with van der Waals surface area (Å²) in [6, 6.07) is 16.4. The highest BCUT2D eigenvalue weighted by atomic mass is 32.2. The molecule has 3 heterocycles. The van der Waals surface area contributed by atoms with Gasteiger partial charge < -0.3 is 19.5 Å². The fourth-order valence-electron chi connectivity index (χ4n) is 3.57. The Morgan fingerprint density at radius 1 is 1.10 bits per heavy atom. The molecule has 0 saturated heterocycles. The van der Waals surface area contributed by atoms with Gasteiger partial charge in [0.25, 0.3) is 0 Å². The van der Waals surface area contributed by atoms with Crippen LogP contribution in [0.1, 0.15) is 11.1 Å². The SMILES string of the molecule is OCCN1Cc2cc3cc4c(cc3nc2SC1=NCCc1ccccc1)OCO4. The lowest BCUT2D eigenvalue weighted by Crippen LogP contribution is -2.34. The van der Waals surface area contributed by atoms with Crippen LogP contribution >= 0.6 is 11.8 Å². The Labute approximate surface area is 173 Å². The highest BCUT2D eigenvalue weighted by Crippen LogP contribution is 2.39. The molecule has 0 amide bonds. The molecule has 0 saturated carbocycles. The van der Waals surface area contributed by atoms with E-state index in [0.29, 0.717) is 19.6 Å². The topological polar surface area (TPSA) is 67.2 Å². The minimum Gasteiger partial charge on any atom is -0.454 e. The van der Waals surface area contributed by atoms with Crippen LogP contribution in [0.2, 0.25) is 0 Å². The number of aromatic nitrogens is 1. The Bertz CT molecular complexity index is 1070. The standard InChI is InChI=1S/C22H21N3O3S/c26-9-8-25-13-17-10-16-11-19-20(28-14-27-19)12-18(16)24-21(17)29-22(25)23-7-6-15-4-2-1-3-5-15/h1-5,10-12,26H,6-9,13-14H2. The summed E-state index contributed by atoms with van der Waals surface area (Å²) < 4.78 is 11.0. The second-order valence-corrected chi connectivity index (χ2v) is 7.95. The first-order valence-electron chi connectivity index (χ1n) is 9.65. The average Bonchev–Trinajstić information content (AvgIpc) is 3.19. The molecule has 0 spiro atoms. The van der Waals surface area contributed by atoms with E-state index in [4.69, 9.17) is 19.5 Å². The number of amidine groups is 1. The summed E-state index contributed by atoms with van der Waals surface area (Å²) in [5, 5.41) is 12.4. The van der Waals surface area contributed by atoms with Gasteiger partial charge in [0.15, 0.2) is 16.7 Å². The number of pyridine rings is 1. The number of aliphatic imine (C=N–C) groups is 1. The van der Waals surface area contributed by atoms with Gasteiger partial charge in [-0.15, -0.1) is 0 Å². The molecular weight excluding hydrogens is 386 g/mol. The lowest BCUT2D eigenvalue weighted by Gasteiger charge is -2.30. The van der Waals surface area contributed by atoms with Gasteiger partial charge in [-0.25, -0.2) is 4.98 Å². The fourth-order valence-corrected chi connectivity index (χ4v) is 4.58. The van der Waals surface area contributed by atoms with Crippen molar-refractivity contribution >= 4 is 27.8 Å². The minimum atomic E-state index is 0.0906. The maximum absolute atomic E-state index is 9.51. The van der Waals surface area contributed by atoms with Crippen LogP contribution < -0.4 is 9.47 Å². The fraction of sp³-hybridized carbons (Fsp3) is 0.273. The first-order chi connectivity index (χ1) is 14.3. The zero-order valence-corrected chi connectivity index (χ0v) is 16.7. The van der Waals surface area contributed by atoms with E-state index in [1.54, 1.807) is 11.8 Å². The Hall–Kier alpha value is -2.77. The molecule has 0 fully saturated rings. The molecule has 6 nitrogen and oxygen atoms in total. The molecule has 5 rings (SSSR count). The monoisotopic (exact) mass is 407 g/mol. The predicted molar refractivity (Wildman–Crippen MR) is 114 cm³/mol. The molecule has 2 aliphatic heterocycles. The summed E-state index contributed by atoms with van der Waals surface area (Å²) in [7, 11) is 0. The van der Waals surface area contributed by atoms with Gasteiger partial charge in [-0.1, -0.05) is 30.3 Å². The van der Waals surface area contributed by atoms with E-state index >= 15 is 0 Å². The van der Waals surface area contributed by atoms with Gasteiger partial charge in [0.05, 0.1) is 12.1 Å². The highest BCUT2D eigenvalue weighted by Gasteiger charge is 2.25. The molecule has 0 aliphatic carbocycles. The van der Waals surface area contributed by atoms with Gasteiger partial charge in [0.2, 0.25) is 6.79 Å². The Balaban J connectivity index is 1.42.